The van der Waals surface area contributed by atoms with Gasteiger partial charge in [-0.2, -0.15) is 0 Å². The summed E-state index contributed by atoms with van der Waals surface area (Å²) in [6.45, 7) is 10.9. The average molecular weight is 462 g/mol. The lowest BCUT2D eigenvalue weighted by Crippen LogP contribution is -2.15. The highest BCUT2D eigenvalue weighted by Crippen LogP contribution is 2.51. The van der Waals surface area contributed by atoms with Gasteiger partial charge in [0.1, 0.15) is 0 Å². The molecule has 4 rings (SSSR count). The van der Waals surface area contributed by atoms with E-state index in [1.165, 1.54) is 44.2 Å². The molecule has 0 amide bonds. The quantitative estimate of drug-likeness (QED) is 0.338. The summed E-state index contributed by atoms with van der Waals surface area (Å²) in [7, 11) is 0. The number of hydrogen-bond acceptors (Lipinski definition) is 0. The molecule has 0 atom stereocenters. The Hall–Kier alpha value is -2.13. The first-order valence-electron chi connectivity index (χ1n) is 9.30. The number of benzene rings is 3. The van der Waals surface area contributed by atoms with E-state index in [-0.39, 0.29) is 5.41 Å². The summed E-state index contributed by atoms with van der Waals surface area (Å²) in [5.41, 5.74) is 7.96. The van der Waals surface area contributed by atoms with E-state index in [0.717, 1.165) is 3.58 Å². The molecule has 134 valence electrons. The van der Waals surface area contributed by atoms with Crippen molar-refractivity contribution in [3.63, 3.8) is 0 Å². The Morgan fingerprint density at radius 1 is 0.963 bits per heavy atom. The van der Waals surface area contributed by atoms with Crippen molar-refractivity contribution in [2.45, 2.75) is 26.2 Å². The summed E-state index contributed by atoms with van der Waals surface area (Å²) in [5.74, 6) is 0. The molecule has 3 aromatic rings. The van der Waals surface area contributed by atoms with Crippen LogP contribution in [0.25, 0.3) is 27.5 Å². The molecular formula is C26H23I. The van der Waals surface area contributed by atoms with Gasteiger partial charge in [0.15, 0.2) is 0 Å². The Morgan fingerprint density at radius 2 is 1.70 bits per heavy atom. The van der Waals surface area contributed by atoms with Gasteiger partial charge in [0.25, 0.3) is 0 Å². The third kappa shape index (κ3) is 2.98. The molecule has 1 aliphatic rings. The molecule has 0 aliphatic heterocycles. The van der Waals surface area contributed by atoms with E-state index in [1.54, 1.807) is 0 Å². The molecule has 0 radical (unpaired) electrons. The number of hydrogen-bond donors (Lipinski definition) is 0. The van der Waals surface area contributed by atoms with Gasteiger partial charge in [-0.05, 0) is 85.8 Å². The minimum Gasteiger partial charge on any atom is -0.0856 e. The Morgan fingerprint density at radius 3 is 2.44 bits per heavy atom. The Kier molecular flexibility index (Phi) is 4.59. The lowest BCUT2D eigenvalue weighted by Gasteiger charge is -2.22. The highest BCUT2D eigenvalue weighted by atomic mass is 127. The molecule has 0 saturated carbocycles. The van der Waals surface area contributed by atoms with Gasteiger partial charge >= 0.3 is 0 Å². The van der Waals surface area contributed by atoms with Gasteiger partial charge in [0.05, 0.1) is 0 Å². The molecule has 0 heterocycles. The lowest BCUT2D eigenvalue weighted by molar-refractivity contribution is 0.661. The molecule has 0 N–H and O–H groups in total. The summed E-state index contributed by atoms with van der Waals surface area (Å²) in [6, 6.07) is 22.1. The fourth-order valence-electron chi connectivity index (χ4n) is 4.29. The zero-order valence-corrected chi connectivity index (χ0v) is 18.2. The summed E-state index contributed by atoms with van der Waals surface area (Å²) in [6.07, 6.45) is 4.46. The Labute approximate surface area is 175 Å². The van der Waals surface area contributed by atoms with Crippen molar-refractivity contribution in [3.8, 4) is 11.1 Å². The van der Waals surface area contributed by atoms with Crippen molar-refractivity contribution in [1.82, 2.24) is 0 Å². The first-order valence-corrected chi connectivity index (χ1v) is 10.4. The Balaban J connectivity index is 1.95. The standard InChI is InChI=1S/C26H23I/c1-5-20-23-14-13-19(16-25(23)26(3,4)24(20)15-17(2)27)22-12-8-10-18-9-6-7-11-21(18)22/h5-16H,2H2,1,3-4H3/b20-5-,24-15+. The molecule has 27 heavy (non-hydrogen) atoms. The van der Waals surface area contributed by atoms with Crippen LogP contribution in [0.1, 0.15) is 31.9 Å². The van der Waals surface area contributed by atoms with Crippen LogP contribution in [-0.4, -0.2) is 0 Å². The zero-order valence-electron chi connectivity index (χ0n) is 16.0. The number of rotatable bonds is 2. The van der Waals surface area contributed by atoms with Crippen LogP contribution in [0.5, 0.6) is 0 Å². The maximum Gasteiger partial charge on any atom is 0.0159 e. The third-order valence-electron chi connectivity index (χ3n) is 5.64. The van der Waals surface area contributed by atoms with Crippen LogP contribution >= 0.6 is 22.6 Å². The number of fused-ring (bicyclic) bond motifs is 2. The topological polar surface area (TPSA) is 0 Å². The predicted molar refractivity (Wildman–Crippen MR) is 127 cm³/mol. The Bertz CT molecular complexity index is 1120. The van der Waals surface area contributed by atoms with Gasteiger partial charge in [0.2, 0.25) is 0 Å². The molecule has 3 aromatic carbocycles. The molecule has 0 aromatic heterocycles. The SMILES string of the molecule is C=C(I)/C=C1\C(=C/C)c2ccc(-c3cccc4ccccc34)cc2C1(C)C. The molecule has 0 saturated heterocycles. The number of halogens is 1. The molecule has 1 aliphatic carbocycles. The molecule has 0 nitrogen and oxygen atoms in total. The van der Waals surface area contributed by atoms with Crippen LogP contribution in [0.3, 0.4) is 0 Å². The summed E-state index contributed by atoms with van der Waals surface area (Å²) in [5, 5.41) is 2.59. The van der Waals surface area contributed by atoms with E-state index < -0.39 is 0 Å². The predicted octanol–water partition coefficient (Wildman–Crippen LogP) is 8.08. The smallest absolute Gasteiger partial charge is 0.0159 e. The van der Waals surface area contributed by atoms with E-state index >= 15 is 0 Å². The van der Waals surface area contributed by atoms with Crippen molar-refractivity contribution in [2.24, 2.45) is 0 Å². The molecule has 0 bridgehead atoms. The van der Waals surface area contributed by atoms with Gasteiger partial charge in [-0.15, -0.1) is 0 Å². The summed E-state index contributed by atoms with van der Waals surface area (Å²) in [4.78, 5) is 0. The van der Waals surface area contributed by atoms with Crippen LogP contribution in [-0.2, 0) is 5.41 Å². The molecular weight excluding hydrogens is 439 g/mol. The lowest BCUT2D eigenvalue weighted by atomic mass is 9.81. The van der Waals surface area contributed by atoms with Crippen molar-refractivity contribution in [3.05, 3.63) is 99.7 Å². The van der Waals surface area contributed by atoms with Gasteiger partial charge in [-0.25, -0.2) is 0 Å². The molecule has 1 heteroatoms. The fourth-order valence-corrected chi connectivity index (χ4v) is 4.60. The van der Waals surface area contributed by atoms with Crippen molar-refractivity contribution < 1.29 is 0 Å². The van der Waals surface area contributed by atoms with Gasteiger partial charge < -0.3 is 0 Å². The van der Waals surface area contributed by atoms with Crippen molar-refractivity contribution >= 4 is 38.9 Å². The molecule has 0 fully saturated rings. The van der Waals surface area contributed by atoms with Crippen molar-refractivity contribution in [2.75, 3.05) is 0 Å². The van der Waals surface area contributed by atoms with Crippen LogP contribution in [0.4, 0.5) is 0 Å². The first kappa shape index (κ1) is 18.2. The second kappa shape index (κ2) is 6.79. The van der Waals surface area contributed by atoms with E-state index in [4.69, 9.17) is 0 Å². The van der Waals surface area contributed by atoms with Crippen LogP contribution in [0.2, 0.25) is 0 Å². The maximum absolute atomic E-state index is 4.10. The van der Waals surface area contributed by atoms with Crippen LogP contribution in [0.15, 0.2) is 88.5 Å². The largest absolute Gasteiger partial charge is 0.0856 e. The van der Waals surface area contributed by atoms with Gasteiger partial charge in [-0.3, -0.25) is 0 Å². The summed E-state index contributed by atoms with van der Waals surface area (Å²) >= 11 is 2.30. The molecule has 0 spiro atoms. The van der Waals surface area contributed by atoms with Crippen LogP contribution < -0.4 is 0 Å². The third-order valence-corrected chi connectivity index (χ3v) is 5.95. The van der Waals surface area contributed by atoms with Gasteiger partial charge in [-0.1, -0.05) is 81.1 Å². The van der Waals surface area contributed by atoms with E-state index in [0.29, 0.717) is 0 Å². The average Bonchev–Trinajstić information content (AvgIpc) is 2.87. The van der Waals surface area contributed by atoms with Crippen LogP contribution in [0, 0.1) is 0 Å². The maximum atomic E-state index is 4.10. The minimum atomic E-state index is -0.0358. The van der Waals surface area contributed by atoms with E-state index in [2.05, 4.69) is 123 Å². The first-order chi connectivity index (χ1) is 12.9. The van der Waals surface area contributed by atoms with Gasteiger partial charge in [0, 0.05) is 8.99 Å². The highest BCUT2D eigenvalue weighted by molar-refractivity contribution is 14.1. The van der Waals surface area contributed by atoms with Crippen molar-refractivity contribution in [1.29, 1.82) is 0 Å². The van der Waals surface area contributed by atoms with E-state index in [1.807, 2.05) is 0 Å². The fraction of sp³-hybridized carbons (Fsp3) is 0.154. The molecule has 0 unspecified atom stereocenters. The number of allylic oxidation sites excluding steroid dienone is 5. The summed E-state index contributed by atoms with van der Waals surface area (Å²) < 4.78 is 1.07. The highest BCUT2D eigenvalue weighted by Gasteiger charge is 2.37. The second-order valence-electron chi connectivity index (χ2n) is 7.62. The monoisotopic (exact) mass is 462 g/mol. The van der Waals surface area contributed by atoms with E-state index in [9.17, 15) is 0 Å². The minimum absolute atomic E-state index is 0.0358. The normalized spacial score (nSPS) is 18.2. The zero-order chi connectivity index (χ0) is 19.2. The second-order valence-corrected chi connectivity index (χ2v) is 9.00.